The van der Waals surface area contributed by atoms with Crippen LogP contribution in [0.5, 0.6) is 0 Å². The minimum Gasteiger partial charge on any atom is -0.387 e. The number of hydrogen-bond donors (Lipinski definition) is 2. The van der Waals surface area contributed by atoms with E-state index in [2.05, 4.69) is 26.0 Å². The molecule has 2 unspecified atom stereocenters. The van der Waals surface area contributed by atoms with Crippen molar-refractivity contribution in [3.05, 3.63) is 34.4 Å². The van der Waals surface area contributed by atoms with Crippen LogP contribution in [0.3, 0.4) is 0 Å². The van der Waals surface area contributed by atoms with Crippen molar-refractivity contribution in [2.24, 2.45) is 5.73 Å². The lowest BCUT2D eigenvalue weighted by Gasteiger charge is -2.13. The Morgan fingerprint density at radius 1 is 1.38 bits per heavy atom. The highest BCUT2D eigenvalue weighted by Gasteiger charge is 2.30. The van der Waals surface area contributed by atoms with Crippen molar-refractivity contribution >= 4 is 0 Å². The van der Waals surface area contributed by atoms with Gasteiger partial charge in [-0.25, -0.2) is 0 Å². The molecule has 0 aromatic heterocycles. The highest BCUT2D eigenvalue weighted by molar-refractivity contribution is 5.46. The molecule has 0 fully saturated rings. The van der Waals surface area contributed by atoms with Gasteiger partial charge in [-0.2, -0.15) is 0 Å². The average molecular weight is 219 g/mol. The van der Waals surface area contributed by atoms with Crippen molar-refractivity contribution in [2.45, 2.75) is 51.7 Å². The van der Waals surface area contributed by atoms with E-state index in [1.165, 1.54) is 16.7 Å². The Balaban J connectivity index is 2.49. The van der Waals surface area contributed by atoms with Gasteiger partial charge in [-0.3, -0.25) is 0 Å². The molecule has 0 amide bonds. The first-order valence-electron chi connectivity index (χ1n) is 6.26. The largest absolute Gasteiger partial charge is 0.387 e. The van der Waals surface area contributed by atoms with Crippen molar-refractivity contribution in [3.63, 3.8) is 0 Å². The maximum atomic E-state index is 9.98. The maximum Gasteiger partial charge on any atom is 0.0946 e. The molecule has 3 N–H and O–H groups in total. The molecule has 88 valence electrons. The molecule has 2 heteroatoms. The van der Waals surface area contributed by atoms with E-state index in [9.17, 15) is 5.11 Å². The lowest BCUT2D eigenvalue weighted by molar-refractivity contribution is 0.159. The second-order valence-corrected chi connectivity index (χ2v) is 4.69. The van der Waals surface area contributed by atoms with Crippen molar-refractivity contribution in [1.82, 2.24) is 0 Å². The van der Waals surface area contributed by atoms with Gasteiger partial charge in [-0.05, 0) is 41.5 Å². The number of benzene rings is 1. The zero-order chi connectivity index (χ0) is 11.7. The fourth-order valence-electron chi connectivity index (χ4n) is 2.75. The maximum absolute atomic E-state index is 9.98. The molecular formula is C14H21NO. The van der Waals surface area contributed by atoms with Crippen LogP contribution < -0.4 is 5.73 Å². The molecule has 2 nitrogen and oxygen atoms in total. The Labute approximate surface area is 97.5 Å². The fraction of sp³-hybridized carbons (Fsp3) is 0.571. The number of aliphatic hydroxyl groups excluding tert-OH is 1. The number of fused-ring (bicyclic) bond motifs is 1. The van der Waals surface area contributed by atoms with Crippen molar-refractivity contribution in [2.75, 3.05) is 0 Å². The number of aliphatic hydroxyl groups is 1. The van der Waals surface area contributed by atoms with Crippen molar-refractivity contribution in [1.29, 1.82) is 0 Å². The first-order valence-corrected chi connectivity index (χ1v) is 6.26. The molecule has 1 aliphatic rings. The van der Waals surface area contributed by atoms with E-state index in [1.807, 2.05) is 0 Å². The minimum absolute atomic E-state index is 0.113. The van der Waals surface area contributed by atoms with Gasteiger partial charge in [0.1, 0.15) is 0 Å². The summed E-state index contributed by atoms with van der Waals surface area (Å²) < 4.78 is 0. The Kier molecular flexibility index (Phi) is 3.31. The van der Waals surface area contributed by atoms with Gasteiger partial charge in [0.05, 0.1) is 6.10 Å². The van der Waals surface area contributed by atoms with E-state index < -0.39 is 6.10 Å². The van der Waals surface area contributed by atoms with Crippen LogP contribution >= 0.6 is 0 Å². The SMILES string of the molecule is CCCc1c(CC)ccc2c1CC(N)C2O. The van der Waals surface area contributed by atoms with Gasteiger partial charge < -0.3 is 10.8 Å². The van der Waals surface area contributed by atoms with E-state index in [1.54, 1.807) is 0 Å². The van der Waals surface area contributed by atoms with E-state index >= 15 is 0 Å². The van der Waals surface area contributed by atoms with Gasteiger partial charge in [0.25, 0.3) is 0 Å². The second kappa shape index (κ2) is 4.56. The summed E-state index contributed by atoms with van der Waals surface area (Å²) in [5, 5.41) is 9.98. The molecule has 1 aromatic rings. The normalized spacial score (nSPS) is 23.5. The predicted octanol–water partition coefficient (Wildman–Crippen LogP) is 2.12. The molecule has 0 radical (unpaired) electrons. The van der Waals surface area contributed by atoms with Crippen LogP contribution in [0.4, 0.5) is 0 Å². The standard InChI is InChI=1S/C14H21NO/c1-3-5-10-9(4-2)6-7-11-12(10)8-13(15)14(11)16/h6-7,13-14,16H,3-5,8,15H2,1-2H3. The quantitative estimate of drug-likeness (QED) is 0.818. The van der Waals surface area contributed by atoms with Gasteiger partial charge in [-0.1, -0.05) is 32.4 Å². The highest BCUT2D eigenvalue weighted by atomic mass is 16.3. The summed E-state index contributed by atoms with van der Waals surface area (Å²) in [7, 11) is 0. The number of aryl methyl sites for hydroxylation is 1. The topological polar surface area (TPSA) is 46.2 Å². The number of hydrogen-bond acceptors (Lipinski definition) is 2. The number of rotatable bonds is 3. The van der Waals surface area contributed by atoms with Gasteiger partial charge in [0.2, 0.25) is 0 Å². The van der Waals surface area contributed by atoms with Crippen molar-refractivity contribution < 1.29 is 5.11 Å². The molecular weight excluding hydrogens is 198 g/mol. The van der Waals surface area contributed by atoms with Gasteiger partial charge in [0.15, 0.2) is 0 Å². The zero-order valence-corrected chi connectivity index (χ0v) is 10.2. The Morgan fingerprint density at radius 3 is 2.75 bits per heavy atom. The van der Waals surface area contributed by atoms with E-state index in [0.717, 1.165) is 31.2 Å². The summed E-state index contributed by atoms with van der Waals surface area (Å²) >= 11 is 0. The Hall–Kier alpha value is -0.860. The molecule has 0 spiro atoms. The zero-order valence-electron chi connectivity index (χ0n) is 10.2. The molecule has 2 atom stereocenters. The first-order chi connectivity index (χ1) is 7.69. The molecule has 0 bridgehead atoms. The fourth-order valence-corrected chi connectivity index (χ4v) is 2.75. The molecule has 0 aliphatic heterocycles. The Bertz CT molecular complexity index is 387. The molecule has 0 saturated carbocycles. The number of nitrogens with two attached hydrogens (primary N) is 1. The smallest absolute Gasteiger partial charge is 0.0946 e. The van der Waals surface area contributed by atoms with Gasteiger partial charge >= 0.3 is 0 Å². The third-order valence-electron chi connectivity index (χ3n) is 3.61. The van der Waals surface area contributed by atoms with Crippen LogP contribution in [0, 0.1) is 0 Å². The average Bonchev–Trinajstić information content (AvgIpc) is 2.57. The summed E-state index contributed by atoms with van der Waals surface area (Å²) in [4.78, 5) is 0. The summed E-state index contributed by atoms with van der Waals surface area (Å²) in [6.07, 6.45) is 3.69. The van der Waals surface area contributed by atoms with Crippen LogP contribution in [0.1, 0.15) is 48.6 Å². The monoisotopic (exact) mass is 219 g/mol. The van der Waals surface area contributed by atoms with Gasteiger partial charge in [0, 0.05) is 6.04 Å². The third-order valence-corrected chi connectivity index (χ3v) is 3.61. The summed E-state index contributed by atoms with van der Waals surface area (Å²) in [5.74, 6) is 0. The van der Waals surface area contributed by atoms with Crippen LogP contribution in [0.2, 0.25) is 0 Å². The van der Waals surface area contributed by atoms with E-state index in [-0.39, 0.29) is 6.04 Å². The lowest BCUT2D eigenvalue weighted by atomic mass is 9.93. The molecule has 0 saturated heterocycles. The van der Waals surface area contributed by atoms with Crippen LogP contribution in [0.25, 0.3) is 0 Å². The van der Waals surface area contributed by atoms with Crippen LogP contribution in [0.15, 0.2) is 12.1 Å². The predicted molar refractivity (Wildman–Crippen MR) is 66.5 cm³/mol. The second-order valence-electron chi connectivity index (χ2n) is 4.69. The first kappa shape index (κ1) is 11.6. The molecule has 1 aliphatic carbocycles. The summed E-state index contributed by atoms with van der Waals surface area (Å²) in [6.45, 7) is 4.39. The lowest BCUT2D eigenvalue weighted by Crippen LogP contribution is -2.24. The molecule has 0 heterocycles. The molecule has 1 aromatic carbocycles. The van der Waals surface area contributed by atoms with Crippen LogP contribution in [-0.4, -0.2) is 11.1 Å². The molecule has 2 rings (SSSR count). The summed E-state index contributed by atoms with van der Waals surface area (Å²) in [6, 6.07) is 4.10. The third kappa shape index (κ3) is 1.76. The highest BCUT2D eigenvalue weighted by Crippen LogP contribution is 2.34. The van der Waals surface area contributed by atoms with E-state index in [4.69, 9.17) is 5.73 Å². The summed E-state index contributed by atoms with van der Waals surface area (Å²) in [5.41, 5.74) is 11.2. The van der Waals surface area contributed by atoms with E-state index in [0.29, 0.717) is 0 Å². The Morgan fingerprint density at radius 2 is 2.12 bits per heavy atom. The minimum atomic E-state index is -0.462. The molecule has 16 heavy (non-hydrogen) atoms. The van der Waals surface area contributed by atoms with Crippen molar-refractivity contribution in [3.8, 4) is 0 Å². The van der Waals surface area contributed by atoms with Gasteiger partial charge in [-0.15, -0.1) is 0 Å². The van der Waals surface area contributed by atoms with Crippen LogP contribution in [-0.2, 0) is 19.3 Å².